The van der Waals surface area contributed by atoms with Crippen LogP contribution in [0.5, 0.6) is 0 Å². The molecule has 0 saturated carbocycles. The molecule has 0 aromatic heterocycles. The van der Waals surface area contributed by atoms with E-state index in [-0.39, 0.29) is 18.1 Å². The molecule has 1 amide bonds. The molecule has 1 aromatic carbocycles. The third-order valence-electron chi connectivity index (χ3n) is 4.40. The summed E-state index contributed by atoms with van der Waals surface area (Å²) in [5, 5.41) is 9.23. The molecule has 1 fully saturated rings. The van der Waals surface area contributed by atoms with Crippen molar-refractivity contribution < 1.29 is 14.3 Å². The van der Waals surface area contributed by atoms with Gasteiger partial charge in [0, 0.05) is 32.9 Å². The second kappa shape index (κ2) is 9.04. The van der Waals surface area contributed by atoms with Gasteiger partial charge in [-0.15, -0.1) is 0 Å². The lowest BCUT2D eigenvalue weighted by atomic mass is 10.0. The average Bonchev–Trinajstić information content (AvgIpc) is 2.64. The SMILES string of the molecule is C[C@H]1CCCN(C(=O)COC(=O)/C(C#N)=C/c2ccc(N(C)C)cc2)C1. The Labute approximate surface area is 154 Å². The number of amides is 1. The highest BCUT2D eigenvalue weighted by Gasteiger charge is 2.22. The van der Waals surface area contributed by atoms with E-state index >= 15 is 0 Å². The highest BCUT2D eigenvalue weighted by Crippen LogP contribution is 2.16. The molecule has 0 aliphatic carbocycles. The second-order valence-corrected chi connectivity index (χ2v) is 6.82. The van der Waals surface area contributed by atoms with Crippen molar-refractivity contribution in [1.82, 2.24) is 4.90 Å². The normalized spacial score (nSPS) is 17.4. The minimum Gasteiger partial charge on any atom is -0.451 e. The number of rotatable bonds is 5. The first-order chi connectivity index (χ1) is 12.4. The van der Waals surface area contributed by atoms with Gasteiger partial charge in [0.2, 0.25) is 0 Å². The molecule has 2 rings (SSSR count). The maximum atomic E-state index is 12.2. The first-order valence-corrected chi connectivity index (χ1v) is 8.74. The van der Waals surface area contributed by atoms with E-state index in [0.717, 1.165) is 24.1 Å². The number of benzene rings is 1. The van der Waals surface area contributed by atoms with Gasteiger partial charge in [0.05, 0.1) is 0 Å². The van der Waals surface area contributed by atoms with E-state index < -0.39 is 5.97 Å². The van der Waals surface area contributed by atoms with Gasteiger partial charge in [-0.3, -0.25) is 4.79 Å². The highest BCUT2D eigenvalue weighted by atomic mass is 16.5. The van der Waals surface area contributed by atoms with E-state index in [0.29, 0.717) is 19.0 Å². The van der Waals surface area contributed by atoms with Gasteiger partial charge in [-0.2, -0.15) is 5.26 Å². The highest BCUT2D eigenvalue weighted by molar-refractivity contribution is 5.98. The van der Waals surface area contributed by atoms with Gasteiger partial charge >= 0.3 is 5.97 Å². The largest absolute Gasteiger partial charge is 0.451 e. The Morgan fingerprint density at radius 1 is 1.35 bits per heavy atom. The molecule has 26 heavy (non-hydrogen) atoms. The smallest absolute Gasteiger partial charge is 0.349 e. The number of nitriles is 1. The molecule has 1 aliphatic heterocycles. The molecule has 0 N–H and O–H groups in total. The van der Waals surface area contributed by atoms with Crippen molar-refractivity contribution in [1.29, 1.82) is 5.26 Å². The summed E-state index contributed by atoms with van der Waals surface area (Å²) in [6, 6.07) is 9.28. The Hall–Kier alpha value is -2.81. The van der Waals surface area contributed by atoms with E-state index in [2.05, 4.69) is 6.92 Å². The van der Waals surface area contributed by atoms with Crippen LogP contribution in [0.1, 0.15) is 25.3 Å². The zero-order valence-electron chi connectivity index (χ0n) is 15.6. The molecule has 1 aliphatic rings. The van der Waals surface area contributed by atoms with Crippen LogP contribution in [0.2, 0.25) is 0 Å². The van der Waals surface area contributed by atoms with Crippen LogP contribution in [-0.4, -0.2) is 50.6 Å². The lowest BCUT2D eigenvalue weighted by Gasteiger charge is -2.30. The average molecular weight is 355 g/mol. The van der Waals surface area contributed by atoms with E-state index in [4.69, 9.17) is 4.74 Å². The van der Waals surface area contributed by atoms with Crippen molar-refractivity contribution in [2.45, 2.75) is 19.8 Å². The fraction of sp³-hybridized carbons (Fsp3) is 0.450. The van der Waals surface area contributed by atoms with Crippen LogP contribution in [0.3, 0.4) is 0 Å². The summed E-state index contributed by atoms with van der Waals surface area (Å²) < 4.78 is 5.05. The predicted octanol–water partition coefficient (Wildman–Crippen LogP) is 2.46. The van der Waals surface area contributed by atoms with Gasteiger partial charge in [0.1, 0.15) is 11.6 Å². The summed E-state index contributed by atoms with van der Waals surface area (Å²) in [6.45, 7) is 3.16. The molecule has 0 bridgehead atoms. The molecule has 1 atom stereocenters. The van der Waals surface area contributed by atoms with E-state index in [1.807, 2.05) is 49.3 Å². The maximum Gasteiger partial charge on any atom is 0.349 e. The van der Waals surface area contributed by atoms with Crippen LogP contribution in [0.25, 0.3) is 6.08 Å². The standard InChI is InChI=1S/C20H25N3O3/c1-15-5-4-10-23(13-15)19(24)14-26-20(25)17(12-21)11-16-6-8-18(9-7-16)22(2)3/h6-9,11,15H,4-5,10,13-14H2,1-3H3/b17-11+/t15-/m0/s1. The number of hydrogen-bond acceptors (Lipinski definition) is 5. The van der Waals surface area contributed by atoms with Crippen molar-refractivity contribution in [3.8, 4) is 6.07 Å². The topological polar surface area (TPSA) is 73.6 Å². The Bertz CT molecular complexity index is 717. The minimum absolute atomic E-state index is 0.123. The Morgan fingerprint density at radius 2 is 2.04 bits per heavy atom. The van der Waals surface area contributed by atoms with Crippen LogP contribution in [0.15, 0.2) is 29.8 Å². The quantitative estimate of drug-likeness (QED) is 0.461. The molecule has 1 aromatic rings. The number of anilines is 1. The number of nitrogens with zero attached hydrogens (tertiary/aromatic N) is 3. The number of carbonyl (C=O) groups is 2. The maximum absolute atomic E-state index is 12.2. The summed E-state index contributed by atoms with van der Waals surface area (Å²) >= 11 is 0. The summed E-state index contributed by atoms with van der Waals surface area (Å²) in [5.74, 6) is -0.525. The first-order valence-electron chi connectivity index (χ1n) is 8.74. The van der Waals surface area contributed by atoms with Crippen molar-refractivity contribution in [3.63, 3.8) is 0 Å². The van der Waals surface area contributed by atoms with Crippen molar-refractivity contribution in [3.05, 3.63) is 35.4 Å². The Balaban J connectivity index is 1.95. The monoisotopic (exact) mass is 355 g/mol. The van der Waals surface area contributed by atoms with Gasteiger partial charge in [-0.05, 0) is 42.5 Å². The number of hydrogen-bond donors (Lipinski definition) is 0. The zero-order valence-corrected chi connectivity index (χ0v) is 15.6. The predicted molar refractivity (Wildman–Crippen MR) is 100 cm³/mol. The molecule has 0 radical (unpaired) electrons. The summed E-state index contributed by atoms with van der Waals surface area (Å²) in [4.78, 5) is 28.0. The lowest BCUT2D eigenvalue weighted by molar-refractivity contribution is -0.149. The Morgan fingerprint density at radius 3 is 2.62 bits per heavy atom. The second-order valence-electron chi connectivity index (χ2n) is 6.82. The molecule has 138 valence electrons. The fourth-order valence-electron chi connectivity index (χ4n) is 2.88. The molecule has 1 heterocycles. The van der Waals surface area contributed by atoms with Crippen LogP contribution >= 0.6 is 0 Å². The van der Waals surface area contributed by atoms with Gasteiger partial charge in [-0.1, -0.05) is 19.1 Å². The molecule has 1 saturated heterocycles. The molecular formula is C20H25N3O3. The van der Waals surface area contributed by atoms with Crippen LogP contribution < -0.4 is 4.90 Å². The van der Waals surface area contributed by atoms with Crippen LogP contribution in [-0.2, 0) is 14.3 Å². The lowest BCUT2D eigenvalue weighted by Crippen LogP contribution is -2.41. The van der Waals surface area contributed by atoms with E-state index in [1.165, 1.54) is 6.08 Å². The summed E-state index contributed by atoms with van der Waals surface area (Å²) in [6.07, 6.45) is 3.54. The molecular weight excluding hydrogens is 330 g/mol. The van der Waals surface area contributed by atoms with E-state index in [1.54, 1.807) is 4.90 Å². The number of piperidine rings is 1. The third kappa shape index (κ3) is 5.35. The molecule has 0 spiro atoms. The van der Waals surface area contributed by atoms with Crippen molar-refractivity contribution >= 4 is 23.6 Å². The third-order valence-corrected chi connectivity index (χ3v) is 4.40. The van der Waals surface area contributed by atoms with Crippen LogP contribution in [0.4, 0.5) is 5.69 Å². The number of carbonyl (C=O) groups excluding carboxylic acids is 2. The first kappa shape index (κ1) is 19.5. The molecule has 0 unspecified atom stereocenters. The van der Waals surface area contributed by atoms with Crippen molar-refractivity contribution in [2.24, 2.45) is 5.92 Å². The van der Waals surface area contributed by atoms with Gasteiger partial charge in [0.15, 0.2) is 6.61 Å². The molecule has 6 heteroatoms. The Kier molecular flexibility index (Phi) is 6.79. The molecule has 6 nitrogen and oxygen atoms in total. The summed E-state index contributed by atoms with van der Waals surface area (Å²) in [5.41, 5.74) is 1.62. The van der Waals surface area contributed by atoms with Gasteiger partial charge in [-0.25, -0.2) is 4.79 Å². The fourth-order valence-corrected chi connectivity index (χ4v) is 2.88. The summed E-state index contributed by atoms with van der Waals surface area (Å²) in [7, 11) is 3.87. The minimum atomic E-state index is -0.775. The van der Waals surface area contributed by atoms with E-state index in [9.17, 15) is 14.9 Å². The van der Waals surface area contributed by atoms with Crippen molar-refractivity contribution in [2.75, 3.05) is 38.7 Å². The zero-order chi connectivity index (χ0) is 19.1. The number of ether oxygens (including phenoxy) is 1. The number of esters is 1. The number of likely N-dealkylation sites (tertiary alicyclic amines) is 1. The van der Waals surface area contributed by atoms with Gasteiger partial charge in [0.25, 0.3) is 5.91 Å². The van der Waals surface area contributed by atoms with Gasteiger partial charge < -0.3 is 14.5 Å². The van der Waals surface area contributed by atoms with Crippen LogP contribution in [0, 0.1) is 17.2 Å².